The van der Waals surface area contributed by atoms with Crippen LogP contribution in [0.2, 0.25) is 0 Å². The number of hydrogen-bond acceptors (Lipinski definition) is 4. The van der Waals surface area contributed by atoms with Gasteiger partial charge in [0.1, 0.15) is 11.6 Å². The minimum absolute atomic E-state index is 0.182. The monoisotopic (exact) mass is 321 g/mol. The topological polar surface area (TPSA) is 62.3 Å². The Labute approximate surface area is 123 Å². The number of nitrogens with one attached hydrogen (secondary N) is 1. The van der Waals surface area contributed by atoms with Crippen molar-refractivity contribution in [1.82, 2.24) is 15.2 Å². The maximum atomic E-state index is 12.3. The Balaban J connectivity index is 1.85. The first-order chi connectivity index (χ1) is 9.74. The molecule has 5 nitrogen and oxygen atoms in total. The lowest BCUT2D eigenvalue weighted by Gasteiger charge is -2.18. The molecule has 0 spiro atoms. The Hall–Kier alpha value is -1.64. The van der Waals surface area contributed by atoms with Crippen LogP contribution >= 0.6 is 11.3 Å². The van der Waals surface area contributed by atoms with Gasteiger partial charge in [0.05, 0.1) is 12.5 Å². The first-order valence-electron chi connectivity index (χ1n) is 6.28. The van der Waals surface area contributed by atoms with E-state index in [2.05, 4.69) is 10.3 Å². The number of likely N-dealkylation sites (tertiary alicyclic amines) is 1. The number of aromatic nitrogens is 1. The van der Waals surface area contributed by atoms with Crippen molar-refractivity contribution in [2.24, 2.45) is 5.92 Å². The molecule has 2 amide bonds. The van der Waals surface area contributed by atoms with E-state index >= 15 is 0 Å². The van der Waals surface area contributed by atoms with Crippen molar-refractivity contribution >= 4 is 23.2 Å². The maximum Gasteiger partial charge on any atom is 0.406 e. The highest BCUT2D eigenvalue weighted by atomic mass is 32.1. The highest BCUT2D eigenvalue weighted by Gasteiger charge is 2.40. The summed E-state index contributed by atoms with van der Waals surface area (Å²) in [6.45, 7) is 0.552. The summed E-state index contributed by atoms with van der Waals surface area (Å²) in [5, 5.41) is 5.17. The fourth-order valence-electron chi connectivity index (χ4n) is 2.11. The molecular formula is C12H14F3N3O2S. The smallest absolute Gasteiger partial charge is 0.349 e. The third-order valence-corrected chi connectivity index (χ3v) is 4.00. The highest BCUT2D eigenvalue weighted by molar-refractivity contribution is 7.09. The molecule has 1 aliphatic heterocycles. The minimum Gasteiger partial charge on any atom is -0.349 e. The van der Waals surface area contributed by atoms with Crippen LogP contribution in [0.5, 0.6) is 0 Å². The van der Waals surface area contributed by atoms with Crippen molar-refractivity contribution in [1.29, 1.82) is 0 Å². The van der Waals surface area contributed by atoms with Crippen LogP contribution in [0.25, 0.3) is 0 Å². The molecule has 1 unspecified atom stereocenters. The molecule has 1 saturated heterocycles. The van der Waals surface area contributed by atoms with Gasteiger partial charge < -0.3 is 10.2 Å². The molecule has 1 aromatic rings. The van der Waals surface area contributed by atoms with Crippen LogP contribution in [0.3, 0.4) is 0 Å². The van der Waals surface area contributed by atoms with Gasteiger partial charge in [-0.05, 0) is 6.92 Å². The lowest BCUT2D eigenvalue weighted by molar-refractivity contribution is -0.157. The second kappa shape index (κ2) is 6.00. The summed E-state index contributed by atoms with van der Waals surface area (Å²) in [7, 11) is 0. The molecular weight excluding hydrogens is 307 g/mol. The largest absolute Gasteiger partial charge is 0.406 e. The van der Waals surface area contributed by atoms with Gasteiger partial charge >= 0.3 is 6.18 Å². The van der Waals surface area contributed by atoms with Gasteiger partial charge in [-0.3, -0.25) is 9.59 Å². The number of amides is 2. The zero-order chi connectivity index (χ0) is 15.6. The second-order valence-electron chi connectivity index (χ2n) is 4.89. The summed E-state index contributed by atoms with van der Waals surface area (Å²) in [5.74, 6) is -1.79. The van der Waals surface area contributed by atoms with E-state index in [0.29, 0.717) is 4.90 Å². The van der Waals surface area contributed by atoms with Gasteiger partial charge in [-0.25, -0.2) is 4.98 Å². The lowest BCUT2D eigenvalue weighted by atomic mass is 10.1. The number of hydrogen-bond donors (Lipinski definition) is 1. The van der Waals surface area contributed by atoms with Crippen molar-refractivity contribution in [3.63, 3.8) is 0 Å². The zero-order valence-electron chi connectivity index (χ0n) is 11.2. The van der Waals surface area contributed by atoms with Gasteiger partial charge in [-0.1, -0.05) is 0 Å². The van der Waals surface area contributed by atoms with Crippen molar-refractivity contribution in [2.45, 2.75) is 26.1 Å². The molecule has 0 aromatic carbocycles. The molecule has 1 aromatic heterocycles. The summed E-state index contributed by atoms with van der Waals surface area (Å²) in [6, 6.07) is 0. The summed E-state index contributed by atoms with van der Waals surface area (Å²) < 4.78 is 36.8. The van der Waals surface area contributed by atoms with Gasteiger partial charge in [-0.15, -0.1) is 11.3 Å². The van der Waals surface area contributed by atoms with Crippen LogP contribution < -0.4 is 5.32 Å². The standard InChI is InChI=1S/C12H14F3N3O2S/c1-7-5-21-9(17-7)3-16-11(20)8-2-10(19)18(4-8)6-12(13,14)15/h5,8H,2-4,6H2,1H3,(H,16,20). The van der Waals surface area contributed by atoms with Gasteiger partial charge in [0, 0.05) is 24.0 Å². The molecule has 21 heavy (non-hydrogen) atoms. The maximum absolute atomic E-state index is 12.3. The van der Waals surface area contributed by atoms with Crippen LogP contribution in [0.1, 0.15) is 17.1 Å². The average Bonchev–Trinajstić information content (AvgIpc) is 2.92. The Morgan fingerprint density at radius 3 is 2.86 bits per heavy atom. The summed E-state index contributed by atoms with van der Waals surface area (Å²) in [4.78, 5) is 28.2. The Bertz CT molecular complexity index is 544. The molecule has 0 radical (unpaired) electrons. The quantitative estimate of drug-likeness (QED) is 0.914. The highest BCUT2D eigenvalue weighted by Crippen LogP contribution is 2.24. The van der Waals surface area contributed by atoms with Crippen LogP contribution in [0, 0.1) is 12.8 Å². The van der Waals surface area contributed by atoms with Crippen LogP contribution in [-0.2, 0) is 16.1 Å². The fourth-order valence-corrected chi connectivity index (χ4v) is 2.82. The van der Waals surface area contributed by atoms with Crippen LogP contribution in [0.15, 0.2) is 5.38 Å². The average molecular weight is 321 g/mol. The number of alkyl halides is 3. The molecule has 0 aliphatic carbocycles. The van der Waals surface area contributed by atoms with Gasteiger partial charge in [0.15, 0.2) is 0 Å². The minimum atomic E-state index is -4.44. The molecule has 1 aliphatic rings. The number of nitrogens with zero attached hydrogens (tertiary/aromatic N) is 2. The first-order valence-corrected chi connectivity index (χ1v) is 7.16. The molecule has 0 saturated carbocycles. The number of carbonyl (C=O) groups excluding carboxylic acids is 2. The third kappa shape index (κ3) is 4.42. The number of aryl methyl sites for hydroxylation is 1. The van der Waals surface area contributed by atoms with E-state index in [1.807, 2.05) is 12.3 Å². The molecule has 1 fully saturated rings. The van der Waals surface area contributed by atoms with Crippen molar-refractivity contribution in [3.8, 4) is 0 Å². The van der Waals surface area contributed by atoms with E-state index in [-0.39, 0.29) is 19.5 Å². The Kier molecular flexibility index (Phi) is 4.50. The van der Waals surface area contributed by atoms with E-state index in [0.717, 1.165) is 10.7 Å². The first kappa shape index (κ1) is 15.7. The van der Waals surface area contributed by atoms with Crippen molar-refractivity contribution < 1.29 is 22.8 Å². The predicted octanol–water partition coefficient (Wildman–Crippen LogP) is 1.48. The van der Waals surface area contributed by atoms with Gasteiger partial charge in [-0.2, -0.15) is 13.2 Å². The van der Waals surface area contributed by atoms with Crippen LogP contribution in [0.4, 0.5) is 13.2 Å². The molecule has 9 heteroatoms. The Morgan fingerprint density at radius 1 is 1.57 bits per heavy atom. The van der Waals surface area contributed by atoms with Gasteiger partial charge in [0.25, 0.3) is 0 Å². The summed E-state index contributed by atoms with van der Waals surface area (Å²) >= 11 is 1.39. The molecule has 2 rings (SSSR count). The van der Waals surface area contributed by atoms with E-state index in [1.54, 1.807) is 0 Å². The SMILES string of the molecule is Cc1csc(CNC(=O)C2CC(=O)N(CC(F)(F)F)C2)n1. The molecule has 1 atom stereocenters. The van der Waals surface area contributed by atoms with Crippen LogP contribution in [-0.4, -0.2) is 41.0 Å². The second-order valence-corrected chi connectivity index (χ2v) is 5.83. The number of halogens is 3. The van der Waals surface area contributed by atoms with E-state index < -0.39 is 30.5 Å². The number of carbonyl (C=O) groups is 2. The van der Waals surface area contributed by atoms with Gasteiger partial charge in [0.2, 0.25) is 11.8 Å². The fraction of sp³-hybridized carbons (Fsp3) is 0.583. The predicted molar refractivity (Wildman–Crippen MR) is 69.4 cm³/mol. The summed E-state index contributed by atoms with van der Waals surface area (Å²) in [5.41, 5.74) is 0.844. The Morgan fingerprint density at radius 2 is 2.29 bits per heavy atom. The van der Waals surface area contributed by atoms with Crippen molar-refractivity contribution in [2.75, 3.05) is 13.1 Å². The number of rotatable bonds is 4. The molecule has 0 bridgehead atoms. The van der Waals surface area contributed by atoms with E-state index in [9.17, 15) is 22.8 Å². The summed E-state index contributed by atoms with van der Waals surface area (Å²) in [6.07, 6.45) is -4.63. The molecule has 2 heterocycles. The van der Waals surface area contributed by atoms with E-state index in [4.69, 9.17) is 0 Å². The molecule has 116 valence electrons. The van der Waals surface area contributed by atoms with Crippen molar-refractivity contribution in [3.05, 3.63) is 16.1 Å². The zero-order valence-corrected chi connectivity index (χ0v) is 12.1. The van der Waals surface area contributed by atoms with E-state index in [1.165, 1.54) is 11.3 Å². The lowest BCUT2D eigenvalue weighted by Crippen LogP contribution is -2.37. The number of thiazole rings is 1. The molecule has 1 N–H and O–H groups in total. The normalized spacial score (nSPS) is 19.1. The third-order valence-electron chi connectivity index (χ3n) is 3.04.